The van der Waals surface area contributed by atoms with Gasteiger partial charge in [-0.1, -0.05) is 44.2 Å². The van der Waals surface area contributed by atoms with E-state index >= 15 is 0 Å². The van der Waals surface area contributed by atoms with Gasteiger partial charge in [-0.3, -0.25) is 0 Å². The molecule has 0 spiro atoms. The molecule has 1 amide bonds. The lowest BCUT2D eigenvalue weighted by molar-refractivity contribution is 0.0998. The Balaban J connectivity index is 1.99. The van der Waals surface area contributed by atoms with E-state index in [-0.39, 0.29) is 18.2 Å². The minimum atomic E-state index is -0.293. The summed E-state index contributed by atoms with van der Waals surface area (Å²) in [5.74, 6) is 0. The number of carbonyl (C=O) groups is 1. The minimum absolute atomic E-state index is 0.0624. The van der Waals surface area contributed by atoms with Gasteiger partial charge in [0.1, 0.15) is 6.10 Å². The Morgan fingerprint density at radius 1 is 1.21 bits per heavy atom. The van der Waals surface area contributed by atoms with Crippen molar-refractivity contribution in [2.45, 2.75) is 32.4 Å². The predicted molar refractivity (Wildman–Crippen MR) is 75.1 cm³/mol. The predicted octanol–water partition coefficient (Wildman–Crippen LogP) is 2.05. The highest BCUT2D eigenvalue weighted by atomic mass is 16.6. The number of cyclic esters (lactones) is 1. The molecule has 0 radical (unpaired) electrons. The second kappa shape index (κ2) is 6.57. The smallest absolute Gasteiger partial charge is 0.407 e. The first-order valence-corrected chi connectivity index (χ1v) is 6.96. The van der Waals surface area contributed by atoms with Crippen LogP contribution in [0.2, 0.25) is 0 Å². The van der Waals surface area contributed by atoms with Crippen LogP contribution < -0.4 is 5.32 Å². The fourth-order valence-corrected chi connectivity index (χ4v) is 2.45. The number of amides is 1. The Labute approximate surface area is 114 Å². The van der Waals surface area contributed by atoms with Crippen molar-refractivity contribution in [3.8, 4) is 0 Å². The molecule has 4 nitrogen and oxygen atoms in total. The Kier molecular flexibility index (Phi) is 4.80. The first-order chi connectivity index (χ1) is 9.22. The van der Waals surface area contributed by atoms with Gasteiger partial charge in [-0.25, -0.2) is 4.79 Å². The van der Waals surface area contributed by atoms with Crippen molar-refractivity contribution in [1.82, 2.24) is 10.2 Å². The van der Waals surface area contributed by atoms with E-state index in [4.69, 9.17) is 4.74 Å². The Bertz CT molecular complexity index is 404. The SMILES string of the molecule is CCN(CC)C[C@@H]1OC(=O)N[C@H]1Cc1ccccc1. The molecule has 1 heterocycles. The summed E-state index contributed by atoms with van der Waals surface area (Å²) in [6, 6.07) is 10.3. The van der Waals surface area contributed by atoms with Gasteiger partial charge in [0.15, 0.2) is 0 Å². The molecule has 0 unspecified atom stereocenters. The normalized spacial score (nSPS) is 22.4. The van der Waals surface area contributed by atoms with Gasteiger partial charge < -0.3 is 15.0 Å². The van der Waals surface area contributed by atoms with Gasteiger partial charge in [0.2, 0.25) is 0 Å². The van der Waals surface area contributed by atoms with E-state index in [0.717, 1.165) is 26.1 Å². The summed E-state index contributed by atoms with van der Waals surface area (Å²) in [4.78, 5) is 13.7. The zero-order valence-corrected chi connectivity index (χ0v) is 11.6. The summed E-state index contributed by atoms with van der Waals surface area (Å²) in [7, 11) is 0. The average Bonchev–Trinajstić information content (AvgIpc) is 2.77. The van der Waals surface area contributed by atoms with E-state index in [0.29, 0.717) is 0 Å². The molecule has 0 bridgehead atoms. The summed E-state index contributed by atoms with van der Waals surface area (Å²) in [6.45, 7) is 6.99. The number of likely N-dealkylation sites (N-methyl/N-ethyl adjacent to an activating group) is 1. The molecule has 1 fully saturated rings. The highest BCUT2D eigenvalue weighted by molar-refractivity contribution is 5.70. The summed E-state index contributed by atoms with van der Waals surface area (Å²) in [5, 5.41) is 2.92. The third-order valence-corrected chi connectivity index (χ3v) is 3.64. The Morgan fingerprint density at radius 2 is 1.89 bits per heavy atom. The summed E-state index contributed by atoms with van der Waals surface area (Å²) in [6.07, 6.45) is 0.462. The lowest BCUT2D eigenvalue weighted by atomic mass is 10.0. The molecule has 0 saturated carbocycles. The van der Waals surface area contributed by atoms with Crippen molar-refractivity contribution in [3.63, 3.8) is 0 Å². The van der Waals surface area contributed by atoms with Crippen LogP contribution in [0.3, 0.4) is 0 Å². The van der Waals surface area contributed by atoms with E-state index < -0.39 is 0 Å². The number of hydrogen-bond acceptors (Lipinski definition) is 3. The fraction of sp³-hybridized carbons (Fsp3) is 0.533. The maximum atomic E-state index is 11.5. The highest BCUT2D eigenvalue weighted by Gasteiger charge is 2.34. The largest absolute Gasteiger partial charge is 0.443 e. The average molecular weight is 262 g/mol. The topological polar surface area (TPSA) is 41.6 Å². The third-order valence-electron chi connectivity index (χ3n) is 3.64. The van der Waals surface area contributed by atoms with Crippen LogP contribution in [-0.2, 0) is 11.2 Å². The summed E-state index contributed by atoms with van der Waals surface area (Å²) in [5.41, 5.74) is 1.22. The molecule has 2 rings (SSSR count). The van der Waals surface area contributed by atoms with Gasteiger partial charge in [-0.15, -0.1) is 0 Å². The number of nitrogens with one attached hydrogen (secondary N) is 1. The van der Waals surface area contributed by atoms with Crippen LogP contribution in [0.1, 0.15) is 19.4 Å². The Morgan fingerprint density at radius 3 is 2.53 bits per heavy atom. The Hall–Kier alpha value is -1.55. The van der Waals surface area contributed by atoms with E-state index in [1.807, 2.05) is 18.2 Å². The molecule has 1 aromatic rings. The number of alkyl carbamates (subject to hydrolysis) is 1. The van der Waals surface area contributed by atoms with E-state index in [9.17, 15) is 4.79 Å². The van der Waals surface area contributed by atoms with Gasteiger partial charge in [-0.05, 0) is 25.1 Å². The first kappa shape index (κ1) is 13.9. The number of rotatable bonds is 6. The van der Waals surface area contributed by atoms with Crippen LogP contribution in [0.5, 0.6) is 0 Å². The summed E-state index contributed by atoms with van der Waals surface area (Å²) < 4.78 is 5.39. The maximum Gasteiger partial charge on any atom is 0.407 e. The van der Waals surface area contributed by atoms with E-state index in [1.165, 1.54) is 5.56 Å². The van der Waals surface area contributed by atoms with Crippen molar-refractivity contribution in [2.24, 2.45) is 0 Å². The molecule has 104 valence electrons. The van der Waals surface area contributed by atoms with Crippen LogP contribution in [0.15, 0.2) is 30.3 Å². The fourth-order valence-electron chi connectivity index (χ4n) is 2.45. The van der Waals surface area contributed by atoms with Crippen molar-refractivity contribution >= 4 is 6.09 Å². The molecule has 0 aromatic heterocycles. The number of nitrogens with zero attached hydrogens (tertiary/aromatic N) is 1. The molecule has 0 aliphatic carbocycles. The quantitative estimate of drug-likeness (QED) is 0.853. The highest BCUT2D eigenvalue weighted by Crippen LogP contribution is 2.15. The number of ether oxygens (including phenoxy) is 1. The van der Waals surface area contributed by atoms with Crippen LogP contribution in [0.4, 0.5) is 4.79 Å². The summed E-state index contributed by atoms with van der Waals surface area (Å²) >= 11 is 0. The lowest BCUT2D eigenvalue weighted by Crippen LogP contribution is -2.41. The van der Waals surface area contributed by atoms with Crippen LogP contribution in [-0.4, -0.2) is 42.8 Å². The van der Waals surface area contributed by atoms with Crippen LogP contribution in [0, 0.1) is 0 Å². The molecule has 1 saturated heterocycles. The zero-order chi connectivity index (χ0) is 13.7. The van der Waals surface area contributed by atoms with Crippen molar-refractivity contribution in [3.05, 3.63) is 35.9 Å². The molecule has 1 aromatic carbocycles. The van der Waals surface area contributed by atoms with Crippen LogP contribution in [0.25, 0.3) is 0 Å². The molecule has 19 heavy (non-hydrogen) atoms. The first-order valence-electron chi connectivity index (χ1n) is 6.96. The van der Waals surface area contributed by atoms with Gasteiger partial charge in [-0.2, -0.15) is 0 Å². The molecule has 4 heteroatoms. The van der Waals surface area contributed by atoms with Crippen molar-refractivity contribution in [2.75, 3.05) is 19.6 Å². The van der Waals surface area contributed by atoms with Gasteiger partial charge in [0.25, 0.3) is 0 Å². The second-order valence-corrected chi connectivity index (χ2v) is 4.87. The van der Waals surface area contributed by atoms with Crippen molar-refractivity contribution < 1.29 is 9.53 Å². The number of hydrogen-bond donors (Lipinski definition) is 1. The number of benzene rings is 1. The molecule has 1 aliphatic heterocycles. The molecular formula is C15H22N2O2. The maximum absolute atomic E-state index is 11.5. The monoisotopic (exact) mass is 262 g/mol. The van der Waals surface area contributed by atoms with Gasteiger partial charge >= 0.3 is 6.09 Å². The molecule has 1 N–H and O–H groups in total. The van der Waals surface area contributed by atoms with Crippen molar-refractivity contribution in [1.29, 1.82) is 0 Å². The lowest BCUT2D eigenvalue weighted by Gasteiger charge is -2.24. The standard InChI is InChI=1S/C15H22N2O2/c1-3-17(4-2)11-14-13(16-15(18)19-14)10-12-8-6-5-7-9-12/h5-9,13-14H,3-4,10-11H2,1-2H3,(H,16,18)/t13-,14-/m0/s1. The van der Waals surface area contributed by atoms with E-state index in [1.54, 1.807) is 0 Å². The third kappa shape index (κ3) is 3.70. The molecule has 1 aliphatic rings. The van der Waals surface area contributed by atoms with Crippen LogP contribution >= 0.6 is 0 Å². The van der Waals surface area contributed by atoms with E-state index in [2.05, 4.69) is 36.2 Å². The van der Waals surface area contributed by atoms with Gasteiger partial charge in [0, 0.05) is 6.54 Å². The molecular weight excluding hydrogens is 240 g/mol. The van der Waals surface area contributed by atoms with Gasteiger partial charge in [0.05, 0.1) is 6.04 Å². The second-order valence-electron chi connectivity index (χ2n) is 4.87. The zero-order valence-electron chi connectivity index (χ0n) is 11.6. The molecule has 2 atom stereocenters. The number of carbonyl (C=O) groups excluding carboxylic acids is 1. The minimum Gasteiger partial charge on any atom is -0.443 e.